The van der Waals surface area contributed by atoms with Crippen molar-refractivity contribution < 1.29 is 23.5 Å². The van der Waals surface area contributed by atoms with Gasteiger partial charge in [0.05, 0.1) is 6.61 Å². The van der Waals surface area contributed by atoms with E-state index in [4.69, 9.17) is 13.9 Å². The Morgan fingerprint density at radius 3 is 2.64 bits per heavy atom. The van der Waals surface area contributed by atoms with E-state index in [1.54, 1.807) is 6.07 Å². The average molecular weight is 346 g/mol. The summed E-state index contributed by atoms with van der Waals surface area (Å²) < 4.78 is 15.8. The SMILES string of the molecule is CCCOC(=O)CCc1cc2c(C)cc(=O)oc2cc1OCC(C)=O. The fourth-order valence-corrected chi connectivity index (χ4v) is 2.42. The molecule has 0 N–H and O–H groups in total. The molecule has 2 rings (SSSR count). The number of ether oxygens (including phenoxy) is 2. The molecule has 0 radical (unpaired) electrons. The molecular weight excluding hydrogens is 324 g/mol. The van der Waals surface area contributed by atoms with Gasteiger partial charge in [0.1, 0.15) is 17.9 Å². The molecule has 0 saturated heterocycles. The summed E-state index contributed by atoms with van der Waals surface area (Å²) in [6, 6.07) is 4.84. The third kappa shape index (κ3) is 5.17. The van der Waals surface area contributed by atoms with E-state index in [9.17, 15) is 14.4 Å². The number of Topliss-reactive ketones (excluding diaryl/α,β-unsaturated/α-hetero) is 1. The van der Waals surface area contributed by atoms with Gasteiger partial charge in [0.2, 0.25) is 0 Å². The fourth-order valence-electron chi connectivity index (χ4n) is 2.42. The zero-order valence-electron chi connectivity index (χ0n) is 14.7. The molecule has 0 spiro atoms. The Bertz CT molecular complexity index is 834. The van der Waals surface area contributed by atoms with E-state index < -0.39 is 5.63 Å². The van der Waals surface area contributed by atoms with Crippen LogP contribution in [0.5, 0.6) is 5.75 Å². The maximum atomic E-state index is 11.8. The van der Waals surface area contributed by atoms with E-state index in [2.05, 4.69) is 0 Å². The summed E-state index contributed by atoms with van der Waals surface area (Å²) in [6.07, 6.45) is 1.38. The summed E-state index contributed by atoms with van der Waals surface area (Å²) in [5.41, 5.74) is 1.48. The van der Waals surface area contributed by atoms with Crippen LogP contribution in [0.4, 0.5) is 0 Å². The highest BCUT2D eigenvalue weighted by atomic mass is 16.5. The monoisotopic (exact) mass is 346 g/mol. The van der Waals surface area contributed by atoms with Crippen molar-refractivity contribution in [2.45, 2.75) is 40.0 Å². The first kappa shape index (κ1) is 18.7. The molecule has 0 bridgehead atoms. The maximum Gasteiger partial charge on any atom is 0.336 e. The molecule has 0 aliphatic heterocycles. The van der Waals surface area contributed by atoms with E-state index >= 15 is 0 Å². The Morgan fingerprint density at radius 1 is 1.20 bits per heavy atom. The summed E-state index contributed by atoms with van der Waals surface area (Å²) in [5.74, 6) is 0.0228. The first-order valence-electron chi connectivity index (χ1n) is 8.26. The molecule has 0 atom stereocenters. The lowest BCUT2D eigenvalue weighted by atomic mass is 10.0. The second-order valence-electron chi connectivity index (χ2n) is 5.92. The van der Waals surface area contributed by atoms with Crippen LogP contribution in [-0.4, -0.2) is 25.0 Å². The quantitative estimate of drug-likeness (QED) is 0.540. The highest BCUT2D eigenvalue weighted by Gasteiger charge is 2.13. The van der Waals surface area contributed by atoms with Crippen molar-refractivity contribution in [3.05, 3.63) is 39.7 Å². The summed E-state index contributed by atoms with van der Waals surface area (Å²) in [6.45, 7) is 5.48. The average Bonchev–Trinajstić information content (AvgIpc) is 2.55. The number of hydrogen-bond acceptors (Lipinski definition) is 6. The molecule has 0 fully saturated rings. The molecule has 0 saturated carbocycles. The summed E-state index contributed by atoms with van der Waals surface area (Å²) >= 11 is 0. The van der Waals surface area contributed by atoms with Gasteiger partial charge >= 0.3 is 11.6 Å². The molecule has 1 aromatic heterocycles. The molecule has 0 aliphatic carbocycles. The van der Waals surface area contributed by atoms with Crippen molar-refractivity contribution in [1.82, 2.24) is 0 Å². The maximum absolute atomic E-state index is 11.8. The number of ketones is 1. The van der Waals surface area contributed by atoms with Gasteiger partial charge in [0, 0.05) is 23.9 Å². The minimum atomic E-state index is -0.446. The van der Waals surface area contributed by atoms with Gasteiger partial charge in [0.25, 0.3) is 0 Å². The van der Waals surface area contributed by atoms with Gasteiger partial charge in [-0.05, 0) is 43.9 Å². The number of aryl methyl sites for hydroxylation is 2. The Morgan fingerprint density at radius 2 is 1.96 bits per heavy atom. The molecular formula is C19H22O6. The second-order valence-corrected chi connectivity index (χ2v) is 5.92. The summed E-state index contributed by atoms with van der Waals surface area (Å²) in [4.78, 5) is 34.5. The van der Waals surface area contributed by atoms with Gasteiger partial charge in [-0.15, -0.1) is 0 Å². The minimum Gasteiger partial charge on any atom is -0.485 e. The fraction of sp³-hybridized carbons (Fsp3) is 0.421. The third-order valence-electron chi connectivity index (χ3n) is 3.63. The molecule has 1 aromatic carbocycles. The normalized spacial score (nSPS) is 10.7. The molecule has 0 aliphatic rings. The zero-order valence-corrected chi connectivity index (χ0v) is 14.7. The molecule has 25 heavy (non-hydrogen) atoms. The van der Waals surface area contributed by atoms with Crippen molar-refractivity contribution in [3.63, 3.8) is 0 Å². The summed E-state index contributed by atoms with van der Waals surface area (Å²) in [5, 5.41) is 0.770. The van der Waals surface area contributed by atoms with Gasteiger partial charge in [-0.3, -0.25) is 9.59 Å². The molecule has 2 aromatic rings. The Hall–Kier alpha value is -2.63. The van der Waals surface area contributed by atoms with Crippen LogP contribution in [0, 0.1) is 6.92 Å². The van der Waals surface area contributed by atoms with Crippen molar-refractivity contribution in [2.75, 3.05) is 13.2 Å². The van der Waals surface area contributed by atoms with E-state index in [1.807, 2.05) is 19.9 Å². The Labute approximate surface area is 145 Å². The first-order valence-corrected chi connectivity index (χ1v) is 8.26. The zero-order chi connectivity index (χ0) is 18.4. The number of carbonyl (C=O) groups is 2. The topological polar surface area (TPSA) is 82.8 Å². The van der Waals surface area contributed by atoms with E-state index in [-0.39, 0.29) is 24.8 Å². The van der Waals surface area contributed by atoms with Crippen LogP contribution in [0.15, 0.2) is 27.4 Å². The number of rotatable bonds is 8. The van der Waals surface area contributed by atoms with Crippen molar-refractivity contribution >= 4 is 22.7 Å². The van der Waals surface area contributed by atoms with Crippen LogP contribution in [0.25, 0.3) is 11.0 Å². The van der Waals surface area contributed by atoms with Crippen molar-refractivity contribution in [3.8, 4) is 5.75 Å². The van der Waals surface area contributed by atoms with Crippen LogP contribution in [0.3, 0.4) is 0 Å². The summed E-state index contributed by atoms with van der Waals surface area (Å²) in [7, 11) is 0. The highest BCUT2D eigenvalue weighted by Crippen LogP contribution is 2.28. The molecule has 6 nitrogen and oxygen atoms in total. The molecule has 0 amide bonds. The smallest absolute Gasteiger partial charge is 0.336 e. The Kier molecular flexibility index (Phi) is 6.33. The number of esters is 1. The largest absolute Gasteiger partial charge is 0.485 e. The molecule has 0 unspecified atom stereocenters. The number of benzene rings is 1. The van der Waals surface area contributed by atoms with Gasteiger partial charge in [-0.25, -0.2) is 4.79 Å². The van der Waals surface area contributed by atoms with Gasteiger partial charge in [-0.1, -0.05) is 6.92 Å². The highest BCUT2D eigenvalue weighted by molar-refractivity contribution is 5.83. The lowest BCUT2D eigenvalue weighted by molar-refractivity contribution is -0.143. The van der Waals surface area contributed by atoms with Crippen molar-refractivity contribution in [2.24, 2.45) is 0 Å². The van der Waals surface area contributed by atoms with Crippen LogP contribution in [-0.2, 0) is 20.7 Å². The number of carbonyl (C=O) groups excluding carboxylic acids is 2. The minimum absolute atomic E-state index is 0.0885. The predicted molar refractivity (Wildman–Crippen MR) is 93.0 cm³/mol. The molecule has 1 heterocycles. The van der Waals surface area contributed by atoms with Crippen LogP contribution < -0.4 is 10.4 Å². The van der Waals surface area contributed by atoms with Crippen LogP contribution >= 0.6 is 0 Å². The van der Waals surface area contributed by atoms with Gasteiger partial charge in [-0.2, -0.15) is 0 Å². The Balaban J connectivity index is 2.33. The lowest BCUT2D eigenvalue weighted by Crippen LogP contribution is -2.10. The van der Waals surface area contributed by atoms with Gasteiger partial charge in [0.15, 0.2) is 5.78 Å². The van der Waals surface area contributed by atoms with Crippen LogP contribution in [0.1, 0.15) is 37.8 Å². The number of fused-ring (bicyclic) bond motifs is 1. The standard InChI is InChI=1S/C19H22O6/c1-4-7-23-18(21)6-5-14-9-15-12(2)8-19(22)25-17(15)10-16(14)24-11-13(3)20/h8-10H,4-7,11H2,1-3H3. The lowest BCUT2D eigenvalue weighted by Gasteiger charge is -2.12. The predicted octanol–water partition coefficient (Wildman–Crippen LogP) is 2.96. The number of hydrogen-bond donors (Lipinski definition) is 0. The second kappa shape index (κ2) is 8.46. The van der Waals surface area contributed by atoms with E-state index in [1.165, 1.54) is 13.0 Å². The van der Waals surface area contributed by atoms with Gasteiger partial charge < -0.3 is 13.9 Å². The molecule has 6 heteroatoms. The van der Waals surface area contributed by atoms with E-state index in [0.717, 1.165) is 22.9 Å². The van der Waals surface area contributed by atoms with Crippen LogP contribution in [0.2, 0.25) is 0 Å². The third-order valence-corrected chi connectivity index (χ3v) is 3.63. The molecule has 134 valence electrons. The van der Waals surface area contributed by atoms with Crippen molar-refractivity contribution in [1.29, 1.82) is 0 Å². The van der Waals surface area contributed by atoms with E-state index in [0.29, 0.717) is 24.4 Å². The first-order chi connectivity index (χ1) is 11.9.